The highest BCUT2D eigenvalue weighted by Gasteiger charge is 2.16. The van der Waals surface area contributed by atoms with E-state index in [1.54, 1.807) is 13.0 Å². The lowest BCUT2D eigenvalue weighted by molar-refractivity contribution is 0.0601. The fraction of sp³-hybridized carbons (Fsp3) is 0.273. The minimum atomic E-state index is -0.547. The van der Waals surface area contributed by atoms with Gasteiger partial charge in [-0.3, -0.25) is 0 Å². The number of benzene rings is 1. The lowest BCUT2D eigenvalue weighted by Crippen LogP contribution is -2.04. The molecule has 0 heterocycles. The van der Waals surface area contributed by atoms with Gasteiger partial charge < -0.3 is 9.47 Å². The van der Waals surface area contributed by atoms with Crippen LogP contribution in [-0.4, -0.2) is 26.3 Å². The van der Waals surface area contributed by atoms with Crippen LogP contribution in [0.1, 0.15) is 15.9 Å². The molecule has 0 atom stereocenters. The van der Waals surface area contributed by atoms with Gasteiger partial charge in [-0.15, -0.1) is 0 Å². The van der Waals surface area contributed by atoms with E-state index in [-0.39, 0.29) is 11.3 Å². The number of ether oxygens (including phenoxy) is 2. The number of carbonyl (C=O) groups excluding carboxylic acids is 2. The van der Waals surface area contributed by atoms with E-state index in [1.165, 1.54) is 26.4 Å². The third-order valence-electron chi connectivity index (χ3n) is 2.08. The van der Waals surface area contributed by atoms with E-state index in [4.69, 9.17) is 4.74 Å². The Morgan fingerprint density at radius 3 is 2.56 bits per heavy atom. The van der Waals surface area contributed by atoms with Crippen LogP contribution < -0.4 is 4.74 Å². The van der Waals surface area contributed by atoms with Crippen LogP contribution in [0.4, 0.5) is 5.69 Å². The minimum Gasteiger partial charge on any atom is -0.497 e. The van der Waals surface area contributed by atoms with Gasteiger partial charge in [0.15, 0.2) is 0 Å². The number of aliphatic imine (C=N–C) groups is 1. The molecule has 84 valence electrons. The third kappa shape index (κ3) is 2.27. The highest BCUT2D eigenvalue weighted by Crippen LogP contribution is 2.29. The highest BCUT2D eigenvalue weighted by atomic mass is 16.5. The van der Waals surface area contributed by atoms with E-state index in [9.17, 15) is 9.59 Å². The van der Waals surface area contributed by atoms with Gasteiger partial charge in [-0.2, -0.15) is 4.99 Å². The predicted octanol–water partition coefficient (Wildman–Crippen LogP) is 1.76. The van der Waals surface area contributed by atoms with Crippen molar-refractivity contribution in [3.8, 4) is 5.75 Å². The molecule has 0 saturated heterocycles. The zero-order valence-corrected chi connectivity index (χ0v) is 9.23. The summed E-state index contributed by atoms with van der Waals surface area (Å²) in [5.74, 6) is -0.0340. The molecule has 0 aromatic heterocycles. The number of isocyanates is 1. The maximum Gasteiger partial charge on any atom is 0.340 e. The third-order valence-corrected chi connectivity index (χ3v) is 2.08. The summed E-state index contributed by atoms with van der Waals surface area (Å²) in [4.78, 5) is 25.2. The Morgan fingerprint density at radius 2 is 2.06 bits per heavy atom. The molecule has 0 bridgehead atoms. The Bertz CT molecular complexity index is 461. The minimum absolute atomic E-state index is 0.193. The summed E-state index contributed by atoms with van der Waals surface area (Å²) in [6.07, 6.45) is 1.39. The average molecular weight is 221 g/mol. The van der Waals surface area contributed by atoms with Gasteiger partial charge in [0.1, 0.15) is 5.75 Å². The number of rotatable bonds is 3. The quantitative estimate of drug-likeness (QED) is 0.443. The fourth-order valence-corrected chi connectivity index (χ4v) is 1.36. The van der Waals surface area contributed by atoms with Crippen LogP contribution in [0.2, 0.25) is 0 Å². The SMILES string of the molecule is COC(=O)c1c(C)cc(OC)cc1N=C=O. The van der Waals surface area contributed by atoms with Crippen LogP contribution in [0.5, 0.6) is 5.75 Å². The Labute approximate surface area is 92.7 Å². The van der Waals surface area contributed by atoms with Crippen LogP contribution in [-0.2, 0) is 9.53 Å². The molecule has 0 saturated carbocycles. The van der Waals surface area contributed by atoms with E-state index in [1.807, 2.05) is 0 Å². The van der Waals surface area contributed by atoms with Crippen molar-refractivity contribution in [1.29, 1.82) is 0 Å². The largest absolute Gasteiger partial charge is 0.497 e. The second-order valence-electron chi connectivity index (χ2n) is 3.03. The van der Waals surface area contributed by atoms with E-state index in [0.717, 1.165) is 0 Å². The molecule has 0 aliphatic rings. The van der Waals surface area contributed by atoms with Crippen molar-refractivity contribution >= 4 is 17.7 Å². The van der Waals surface area contributed by atoms with Crippen molar-refractivity contribution in [3.63, 3.8) is 0 Å². The van der Waals surface area contributed by atoms with Gasteiger partial charge in [0.05, 0.1) is 25.5 Å². The number of esters is 1. The molecule has 0 fully saturated rings. The van der Waals surface area contributed by atoms with Crippen LogP contribution in [0.3, 0.4) is 0 Å². The molecule has 0 spiro atoms. The maximum atomic E-state index is 11.5. The summed E-state index contributed by atoms with van der Waals surface area (Å²) in [5, 5.41) is 0. The highest BCUT2D eigenvalue weighted by molar-refractivity contribution is 5.97. The molecule has 5 nitrogen and oxygen atoms in total. The van der Waals surface area contributed by atoms with E-state index < -0.39 is 5.97 Å². The molecule has 0 amide bonds. The summed E-state index contributed by atoms with van der Waals surface area (Å²) in [7, 11) is 2.75. The molecule has 1 aromatic carbocycles. The van der Waals surface area contributed by atoms with Crippen LogP contribution in [0.15, 0.2) is 17.1 Å². The number of hydrogen-bond donors (Lipinski definition) is 0. The van der Waals surface area contributed by atoms with Gasteiger partial charge in [0.2, 0.25) is 6.08 Å². The Hall–Kier alpha value is -2.13. The summed E-state index contributed by atoms with van der Waals surface area (Å²) >= 11 is 0. The number of hydrogen-bond acceptors (Lipinski definition) is 5. The number of carbonyl (C=O) groups is 1. The summed E-state index contributed by atoms with van der Waals surface area (Å²) in [6, 6.07) is 3.14. The van der Waals surface area contributed by atoms with Gasteiger partial charge in [-0.1, -0.05) is 0 Å². The summed E-state index contributed by atoms with van der Waals surface area (Å²) < 4.78 is 9.62. The Morgan fingerprint density at radius 1 is 1.38 bits per heavy atom. The van der Waals surface area contributed by atoms with E-state index in [2.05, 4.69) is 9.73 Å². The molecule has 5 heteroatoms. The second-order valence-corrected chi connectivity index (χ2v) is 3.03. The van der Waals surface area contributed by atoms with Gasteiger partial charge in [-0.05, 0) is 18.6 Å². The summed E-state index contributed by atoms with van der Waals surface area (Å²) in [5.41, 5.74) is 1.06. The van der Waals surface area contributed by atoms with Crippen molar-refractivity contribution in [2.45, 2.75) is 6.92 Å². The standard InChI is InChI=1S/C11H11NO4/c1-7-4-8(15-2)5-9(12-6-13)10(7)11(14)16-3/h4-5H,1-3H3. The normalized spacial score (nSPS) is 9.19. The van der Waals surface area contributed by atoms with Crippen LogP contribution >= 0.6 is 0 Å². The Balaban J connectivity index is 3.45. The van der Waals surface area contributed by atoms with Crippen LogP contribution in [0, 0.1) is 6.92 Å². The van der Waals surface area contributed by atoms with Crippen molar-refractivity contribution < 1.29 is 19.1 Å². The number of aryl methyl sites for hydroxylation is 1. The molecular formula is C11H11NO4. The first kappa shape index (κ1) is 11.9. The number of methoxy groups -OCH3 is 2. The van der Waals surface area contributed by atoms with Crippen molar-refractivity contribution in [2.24, 2.45) is 4.99 Å². The molecule has 0 aliphatic heterocycles. The van der Waals surface area contributed by atoms with Gasteiger partial charge in [0, 0.05) is 6.07 Å². The smallest absolute Gasteiger partial charge is 0.340 e. The molecule has 1 rings (SSSR count). The van der Waals surface area contributed by atoms with Crippen molar-refractivity contribution in [2.75, 3.05) is 14.2 Å². The lowest BCUT2D eigenvalue weighted by atomic mass is 10.1. The molecule has 0 radical (unpaired) electrons. The van der Waals surface area contributed by atoms with Gasteiger partial charge in [-0.25, -0.2) is 9.59 Å². The molecule has 0 aliphatic carbocycles. The first-order chi connectivity index (χ1) is 7.63. The number of nitrogens with zero attached hydrogens (tertiary/aromatic N) is 1. The van der Waals surface area contributed by atoms with Crippen LogP contribution in [0.25, 0.3) is 0 Å². The first-order valence-corrected chi connectivity index (χ1v) is 4.48. The monoisotopic (exact) mass is 221 g/mol. The maximum absolute atomic E-state index is 11.5. The first-order valence-electron chi connectivity index (χ1n) is 4.48. The zero-order valence-electron chi connectivity index (χ0n) is 9.23. The zero-order chi connectivity index (χ0) is 12.1. The Kier molecular flexibility index (Phi) is 3.80. The molecular weight excluding hydrogens is 210 g/mol. The van der Waals surface area contributed by atoms with Crippen molar-refractivity contribution in [3.05, 3.63) is 23.3 Å². The topological polar surface area (TPSA) is 65.0 Å². The predicted molar refractivity (Wildman–Crippen MR) is 56.9 cm³/mol. The lowest BCUT2D eigenvalue weighted by Gasteiger charge is -2.08. The van der Waals surface area contributed by atoms with E-state index >= 15 is 0 Å². The second kappa shape index (κ2) is 5.09. The molecule has 0 N–H and O–H groups in total. The van der Waals surface area contributed by atoms with Gasteiger partial charge in [0.25, 0.3) is 0 Å². The molecule has 1 aromatic rings. The molecule has 0 unspecified atom stereocenters. The fourth-order valence-electron chi connectivity index (χ4n) is 1.36. The van der Waals surface area contributed by atoms with E-state index in [0.29, 0.717) is 11.3 Å². The van der Waals surface area contributed by atoms with Crippen molar-refractivity contribution in [1.82, 2.24) is 0 Å². The summed E-state index contributed by atoms with van der Waals surface area (Å²) in [6.45, 7) is 1.71. The van der Waals surface area contributed by atoms with Gasteiger partial charge >= 0.3 is 5.97 Å². The molecule has 16 heavy (non-hydrogen) atoms. The average Bonchev–Trinajstić information content (AvgIpc) is 2.28.